The van der Waals surface area contributed by atoms with E-state index in [1.54, 1.807) is 43.5 Å². The molecule has 0 atom stereocenters. The molecular formula is C22H20N4O6S2. The molecular weight excluding hydrogens is 480 g/mol. The first-order valence-electron chi connectivity index (χ1n) is 9.91. The Balaban J connectivity index is 1.25. The van der Waals surface area contributed by atoms with Gasteiger partial charge in [-0.3, -0.25) is 14.9 Å². The number of anilines is 2. The third-order valence-electron chi connectivity index (χ3n) is 4.45. The number of fused-ring (bicyclic) bond motifs is 1. The number of nitrogens with zero attached hydrogens (tertiary/aromatic N) is 2. The van der Waals surface area contributed by atoms with Crippen LogP contribution in [0.2, 0.25) is 0 Å². The van der Waals surface area contributed by atoms with E-state index < -0.39 is 0 Å². The van der Waals surface area contributed by atoms with Gasteiger partial charge in [-0.2, -0.15) is 0 Å². The van der Waals surface area contributed by atoms with Crippen LogP contribution in [0, 0.1) is 0 Å². The van der Waals surface area contributed by atoms with Crippen molar-refractivity contribution in [1.82, 2.24) is 10.2 Å². The topological polar surface area (TPSA) is 121 Å². The smallest absolute Gasteiger partial charge is 0.250 e. The molecule has 0 aliphatic carbocycles. The molecule has 176 valence electrons. The Labute approximate surface area is 203 Å². The van der Waals surface area contributed by atoms with Crippen molar-refractivity contribution in [3.05, 3.63) is 48.0 Å². The van der Waals surface area contributed by atoms with Crippen molar-refractivity contribution in [3.8, 4) is 23.0 Å². The highest BCUT2D eigenvalue weighted by atomic mass is 32.2. The second-order valence-electron chi connectivity index (χ2n) is 6.72. The van der Waals surface area contributed by atoms with Crippen LogP contribution in [0.4, 0.5) is 10.8 Å². The molecule has 2 heterocycles. The van der Waals surface area contributed by atoms with Crippen LogP contribution in [0.15, 0.2) is 46.8 Å². The SMILES string of the molecule is COc1ccc(NC(=O)CSc2nnc(NC(=O)/C=C/c3ccc4c(c3)OCO4)s2)cc1OC. The van der Waals surface area contributed by atoms with Crippen molar-refractivity contribution in [2.45, 2.75) is 4.34 Å². The van der Waals surface area contributed by atoms with Gasteiger partial charge in [0.05, 0.1) is 20.0 Å². The number of carbonyl (C=O) groups excluding carboxylic acids is 2. The van der Waals surface area contributed by atoms with Crippen LogP contribution < -0.4 is 29.6 Å². The number of nitrogens with one attached hydrogen (secondary N) is 2. The lowest BCUT2D eigenvalue weighted by atomic mass is 10.2. The average Bonchev–Trinajstić information content (AvgIpc) is 3.50. The molecule has 0 spiro atoms. The minimum atomic E-state index is -0.350. The molecule has 3 aromatic rings. The Kier molecular flexibility index (Phi) is 7.50. The Hall–Kier alpha value is -3.77. The fourth-order valence-electron chi connectivity index (χ4n) is 2.89. The van der Waals surface area contributed by atoms with Crippen LogP contribution in [0.25, 0.3) is 6.08 Å². The molecule has 1 aliphatic heterocycles. The Morgan fingerprint density at radius 3 is 2.71 bits per heavy atom. The van der Waals surface area contributed by atoms with Crippen molar-refractivity contribution >= 4 is 51.8 Å². The van der Waals surface area contributed by atoms with Gasteiger partial charge < -0.3 is 24.3 Å². The normalized spacial score (nSPS) is 11.9. The van der Waals surface area contributed by atoms with E-state index in [2.05, 4.69) is 20.8 Å². The number of hydrogen-bond donors (Lipinski definition) is 2. The minimum Gasteiger partial charge on any atom is -0.493 e. The van der Waals surface area contributed by atoms with Crippen LogP contribution in [-0.4, -0.2) is 48.8 Å². The number of thioether (sulfide) groups is 1. The van der Waals surface area contributed by atoms with E-state index in [0.717, 1.165) is 5.56 Å². The summed E-state index contributed by atoms with van der Waals surface area (Å²) in [6.07, 6.45) is 3.05. The zero-order chi connectivity index (χ0) is 23.9. The van der Waals surface area contributed by atoms with E-state index in [0.29, 0.717) is 38.2 Å². The summed E-state index contributed by atoms with van der Waals surface area (Å²) in [5.74, 6) is 1.97. The van der Waals surface area contributed by atoms with E-state index in [1.807, 2.05) is 6.07 Å². The number of carbonyl (C=O) groups is 2. The summed E-state index contributed by atoms with van der Waals surface area (Å²) in [6, 6.07) is 10.5. The second-order valence-corrected chi connectivity index (χ2v) is 8.92. The van der Waals surface area contributed by atoms with E-state index in [-0.39, 0.29) is 24.4 Å². The molecule has 4 rings (SSSR count). The van der Waals surface area contributed by atoms with Crippen LogP contribution in [0.5, 0.6) is 23.0 Å². The highest BCUT2D eigenvalue weighted by Gasteiger charge is 2.13. The van der Waals surface area contributed by atoms with Crippen LogP contribution in [0.1, 0.15) is 5.56 Å². The summed E-state index contributed by atoms with van der Waals surface area (Å²) in [4.78, 5) is 24.5. The number of rotatable bonds is 9. The number of hydrogen-bond acceptors (Lipinski definition) is 10. The van der Waals surface area contributed by atoms with Gasteiger partial charge in [-0.15, -0.1) is 10.2 Å². The Bertz CT molecular complexity index is 1230. The fraction of sp³-hybridized carbons (Fsp3) is 0.182. The fourth-order valence-corrected chi connectivity index (χ4v) is 4.45. The average molecular weight is 501 g/mol. The third kappa shape index (κ3) is 5.97. The lowest BCUT2D eigenvalue weighted by Crippen LogP contribution is -2.14. The summed E-state index contributed by atoms with van der Waals surface area (Å²) < 4.78 is 21.6. The molecule has 2 aromatic carbocycles. The zero-order valence-corrected chi connectivity index (χ0v) is 19.8. The summed E-state index contributed by atoms with van der Waals surface area (Å²) in [5, 5.41) is 13.7. The van der Waals surface area contributed by atoms with Crippen LogP contribution in [0.3, 0.4) is 0 Å². The first kappa shape index (κ1) is 23.4. The highest BCUT2D eigenvalue weighted by molar-refractivity contribution is 8.01. The first-order valence-corrected chi connectivity index (χ1v) is 11.7. The maximum atomic E-state index is 12.3. The van der Waals surface area contributed by atoms with Crippen molar-refractivity contribution < 1.29 is 28.5 Å². The monoisotopic (exact) mass is 500 g/mol. The summed E-state index contributed by atoms with van der Waals surface area (Å²) in [7, 11) is 3.07. The molecule has 1 aromatic heterocycles. The number of benzene rings is 2. The predicted octanol–water partition coefficient (Wildman–Crippen LogP) is 3.67. The Morgan fingerprint density at radius 2 is 1.88 bits per heavy atom. The maximum Gasteiger partial charge on any atom is 0.250 e. The van der Waals surface area contributed by atoms with Gasteiger partial charge in [-0.1, -0.05) is 29.2 Å². The second kappa shape index (κ2) is 10.9. The molecule has 2 N–H and O–H groups in total. The van der Waals surface area contributed by atoms with Crippen LogP contribution in [-0.2, 0) is 9.59 Å². The van der Waals surface area contributed by atoms with Gasteiger partial charge in [-0.25, -0.2) is 0 Å². The molecule has 0 radical (unpaired) electrons. The number of ether oxygens (including phenoxy) is 4. The lowest BCUT2D eigenvalue weighted by Gasteiger charge is -2.10. The Morgan fingerprint density at radius 1 is 1.06 bits per heavy atom. The molecule has 0 fully saturated rings. The maximum absolute atomic E-state index is 12.3. The molecule has 12 heteroatoms. The van der Waals surface area contributed by atoms with Gasteiger partial charge in [0.2, 0.25) is 23.7 Å². The summed E-state index contributed by atoms with van der Waals surface area (Å²) in [6.45, 7) is 0.193. The summed E-state index contributed by atoms with van der Waals surface area (Å²) in [5.41, 5.74) is 1.39. The predicted molar refractivity (Wildman–Crippen MR) is 129 cm³/mol. The number of methoxy groups -OCH3 is 2. The highest BCUT2D eigenvalue weighted by Crippen LogP contribution is 2.33. The van der Waals surface area contributed by atoms with Gasteiger partial charge in [0, 0.05) is 17.8 Å². The van der Waals surface area contributed by atoms with Crippen LogP contribution >= 0.6 is 23.1 Å². The van der Waals surface area contributed by atoms with Gasteiger partial charge in [0.15, 0.2) is 27.3 Å². The van der Waals surface area contributed by atoms with Gasteiger partial charge in [0.25, 0.3) is 0 Å². The minimum absolute atomic E-state index is 0.126. The zero-order valence-electron chi connectivity index (χ0n) is 18.2. The molecule has 10 nitrogen and oxygen atoms in total. The standard InChI is InChI=1S/C22H20N4O6S2/c1-29-15-7-5-14(10-17(15)30-2)23-20(28)11-33-22-26-25-21(34-22)24-19(27)8-4-13-3-6-16-18(9-13)32-12-31-16/h3-10H,11-12H2,1-2H3,(H,23,28)(H,24,25,27)/b8-4+. The molecule has 0 bridgehead atoms. The van der Waals surface area contributed by atoms with E-state index in [4.69, 9.17) is 18.9 Å². The van der Waals surface area contributed by atoms with Crippen molar-refractivity contribution in [2.24, 2.45) is 0 Å². The number of aromatic nitrogens is 2. The van der Waals surface area contributed by atoms with E-state index >= 15 is 0 Å². The van der Waals surface area contributed by atoms with Crippen molar-refractivity contribution in [1.29, 1.82) is 0 Å². The first-order chi connectivity index (χ1) is 16.5. The number of amides is 2. The lowest BCUT2D eigenvalue weighted by molar-refractivity contribution is -0.114. The largest absolute Gasteiger partial charge is 0.493 e. The van der Waals surface area contributed by atoms with E-state index in [9.17, 15) is 9.59 Å². The molecule has 0 saturated heterocycles. The quantitative estimate of drug-likeness (QED) is 0.257. The van der Waals surface area contributed by atoms with Crippen molar-refractivity contribution in [3.63, 3.8) is 0 Å². The van der Waals surface area contributed by atoms with Gasteiger partial charge >= 0.3 is 0 Å². The van der Waals surface area contributed by atoms with Gasteiger partial charge in [-0.05, 0) is 35.9 Å². The third-order valence-corrected chi connectivity index (χ3v) is 6.43. The van der Waals surface area contributed by atoms with Gasteiger partial charge in [0.1, 0.15) is 0 Å². The molecule has 2 amide bonds. The summed E-state index contributed by atoms with van der Waals surface area (Å²) >= 11 is 2.40. The molecule has 34 heavy (non-hydrogen) atoms. The van der Waals surface area contributed by atoms with E-state index in [1.165, 1.54) is 36.3 Å². The molecule has 0 saturated carbocycles. The molecule has 1 aliphatic rings. The van der Waals surface area contributed by atoms with Crippen molar-refractivity contribution in [2.75, 3.05) is 37.4 Å². The molecule has 0 unspecified atom stereocenters.